The summed E-state index contributed by atoms with van der Waals surface area (Å²) in [4.78, 5) is 0. The number of fused-ring (bicyclic) bond motifs is 1. The molecule has 1 aromatic heterocycles. The Morgan fingerprint density at radius 2 is 1.59 bits per heavy atom. The third kappa shape index (κ3) is 2.40. The Balaban J connectivity index is 2.08. The van der Waals surface area contributed by atoms with Crippen molar-refractivity contribution < 1.29 is 20.1 Å². The van der Waals surface area contributed by atoms with Crippen molar-refractivity contribution in [3.8, 4) is 11.8 Å². The molecule has 0 saturated carbocycles. The minimum atomic E-state index is -0.0137. The van der Waals surface area contributed by atoms with Gasteiger partial charge in [-0.05, 0) is 25.7 Å². The molecule has 5 nitrogen and oxygen atoms in total. The van der Waals surface area contributed by atoms with Gasteiger partial charge in [-0.15, -0.1) is 0 Å². The van der Waals surface area contributed by atoms with E-state index in [1.165, 1.54) is 4.57 Å². The minimum Gasteiger partial charge on any atom is -0.494 e. The zero-order chi connectivity index (χ0) is 12.3. The first-order valence-electron chi connectivity index (χ1n) is 6.06. The van der Waals surface area contributed by atoms with Crippen LogP contribution in [-0.4, -0.2) is 39.7 Å². The molecule has 1 aliphatic rings. The van der Waals surface area contributed by atoms with Crippen molar-refractivity contribution in [3.05, 3.63) is 11.1 Å². The number of aromatic nitrogens is 1. The molecule has 5 heteroatoms. The molecule has 3 N–H and O–H groups in total. The molecule has 0 aliphatic heterocycles. The van der Waals surface area contributed by atoms with Crippen molar-refractivity contribution in [2.45, 2.75) is 32.2 Å². The summed E-state index contributed by atoms with van der Waals surface area (Å²) in [5, 5.41) is 28.6. The van der Waals surface area contributed by atoms with E-state index in [1.54, 1.807) is 0 Å². The van der Waals surface area contributed by atoms with Gasteiger partial charge in [-0.25, -0.2) is 0 Å². The predicted molar refractivity (Wildman–Crippen MR) is 62.3 cm³/mol. The second kappa shape index (κ2) is 5.42. The van der Waals surface area contributed by atoms with Gasteiger partial charge in [-0.2, -0.15) is 0 Å². The molecule has 96 valence electrons. The van der Waals surface area contributed by atoms with Crippen molar-refractivity contribution >= 4 is 0 Å². The van der Waals surface area contributed by atoms with Gasteiger partial charge in [-0.1, -0.05) is 0 Å². The molecule has 0 atom stereocenters. The summed E-state index contributed by atoms with van der Waals surface area (Å²) >= 11 is 0. The number of hydrogen-bond acceptors (Lipinski definition) is 4. The van der Waals surface area contributed by atoms with Gasteiger partial charge >= 0.3 is 0 Å². The van der Waals surface area contributed by atoms with Gasteiger partial charge in [0.05, 0.1) is 26.4 Å². The number of rotatable bonds is 5. The Bertz CT molecular complexity index is 357. The maximum absolute atomic E-state index is 10.0. The average Bonchev–Trinajstić information content (AvgIpc) is 2.60. The number of aromatic hydroxyl groups is 2. The first kappa shape index (κ1) is 12.3. The number of ether oxygens (including phenoxy) is 1. The molecular formula is C12H19NO4. The number of hydrogen-bond donors (Lipinski definition) is 3. The Hall–Kier alpha value is -1.20. The smallest absolute Gasteiger partial charge is 0.197 e. The van der Waals surface area contributed by atoms with E-state index in [2.05, 4.69) is 0 Å². The van der Waals surface area contributed by atoms with Gasteiger partial charge < -0.3 is 20.1 Å². The molecule has 1 heterocycles. The predicted octanol–water partition coefficient (Wildman–Crippen LogP) is 0.787. The van der Waals surface area contributed by atoms with Gasteiger partial charge in [0.2, 0.25) is 0 Å². The SMILES string of the molecule is OCCOCCn1c(O)c2c(c1O)CCCC2. The van der Waals surface area contributed by atoms with E-state index in [1.807, 2.05) is 0 Å². The monoisotopic (exact) mass is 241 g/mol. The molecule has 0 amide bonds. The normalized spacial score (nSPS) is 14.9. The number of aliphatic hydroxyl groups is 1. The summed E-state index contributed by atoms with van der Waals surface area (Å²) in [6.45, 7) is 1.04. The molecule has 0 saturated heterocycles. The van der Waals surface area contributed by atoms with E-state index in [9.17, 15) is 10.2 Å². The zero-order valence-corrected chi connectivity index (χ0v) is 9.85. The third-order valence-corrected chi connectivity index (χ3v) is 3.21. The van der Waals surface area contributed by atoms with Crippen LogP contribution in [0, 0.1) is 0 Å². The quantitative estimate of drug-likeness (QED) is 0.666. The fourth-order valence-corrected chi connectivity index (χ4v) is 2.36. The highest BCUT2D eigenvalue weighted by Gasteiger charge is 2.23. The third-order valence-electron chi connectivity index (χ3n) is 3.21. The lowest BCUT2D eigenvalue weighted by Crippen LogP contribution is -2.08. The standard InChI is InChI=1S/C12H19NO4/c14-6-8-17-7-5-13-11(15)9-3-1-2-4-10(9)12(13)16/h14-16H,1-8H2. The van der Waals surface area contributed by atoms with Gasteiger partial charge in [-0.3, -0.25) is 4.57 Å². The Morgan fingerprint density at radius 1 is 1.00 bits per heavy atom. The lowest BCUT2D eigenvalue weighted by Gasteiger charge is -2.09. The van der Waals surface area contributed by atoms with Crippen LogP contribution in [0.4, 0.5) is 0 Å². The second-order valence-corrected chi connectivity index (χ2v) is 4.30. The highest BCUT2D eigenvalue weighted by Crippen LogP contribution is 2.38. The van der Waals surface area contributed by atoms with E-state index in [0.29, 0.717) is 13.2 Å². The molecule has 1 aliphatic carbocycles. The van der Waals surface area contributed by atoms with Crippen LogP contribution in [0.15, 0.2) is 0 Å². The fourth-order valence-electron chi connectivity index (χ4n) is 2.36. The van der Waals surface area contributed by atoms with Crippen molar-refractivity contribution in [1.82, 2.24) is 4.57 Å². The molecule has 0 unspecified atom stereocenters. The molecule has 0 bridgehead atoms. The van der Waals surface area contributed by atoms with Crippen LogP contribution in [0.3, 0.4) is 0 Å². The Morgan fingerprint density at radius 3 is 2.12 bits per heavy atom. The molecule has 0 spiro atoms. The van der Waals surface area contributed by atoms with E-state index in [4.69, 9.17) is 9.84 Å². The lowest BCUT2D eigenvalue weighted by molar-refractivity contribution is 0.0848. The van der Waals surface area contributed by atoms with Crippen LogP contribution >= 0.6 is 0 Å². The highest BCUT2D eigenvalue weighted by atomic mass is 16.5. The van der Waals surface area contributed by atoms with Crippen LogP contribution in [0.25, 0.3) is 0 Å². The summed E-state index contributed by atoms with van der Waals surface area (Å²) in [6.07, 6.45) is 3.79. The van der Waals surface area contributed by atoms with E-state index in [0.717, 1.165) is 36.8 Å². The van der Waals surface area contributed by atoms with Gasteiger partial charge in [0.15, 0.2) is 11.8 Å². The highest BCUT2D eigenvalue weighted by molar-refractivity contribution is 5.46. The summed E-state index contributed by atoms with van der Waals surface area (Å²) in [5.74, 6) is 0.342. The summed E-state index contributed by atoms with van der Waals surface area (Å²) < 4.78 is 6.63. The minimum absolute atomic E-state index is 0.0137. The zero-order valence-electron chi connectivity index (χ0n) is 9.85. The van der Waals surface area contributed by atoms with Crippen molar-refractivity contribution in [2.24, 2.45) is 0 Å². The van der Waals surface area contributed by atoms with Gasteiger partial charge in [0.1, 0.15) is 0 Å². The average molecular weight is 241 g/mol. The Labute approximate surface area is 100 Å². The van der Waals surface area contributed by atoms with Crippen LogP contribution in [0.1, 0.15) is 24.0 Å². The van der Waals surface area contributed by atoms with Crippen molar-refractivity contribution in [3.63, 3.8) is 0 Å². The molecule has 2 rings (SSSR count). The van der Waals surface area contributed by atoms with Crippen LogP contribution in [0.2, 0.25) is 0 Å². The Kier molecular flexibility index (Phi) is 3.91. The first-order chi connectivity index (χ1) is 8.25. The van der Waals surface area contributed by atoms with E-state index >= 15 is 0 Å². The molecule has 0 aromatic carbocycles. The molecular weight excluding hydrogens is 222 g/mol. The van der Waals surface area contributed by atoms with Crippen molar-refractivity contribution in [1.29, 1.82) is 0 Å². The maximum atomic E-state index is 10.0. The first-order valence-corrected chi connectivity index (χ1v) is 6.06. The van der Waals surface area contributed by atoms with E-state index < -0.39 is 0 Å². The van der Waals surface area contributed by atoms with Crippen LogP contribution in [-0.2, 0) is 24.1 Å². The molecule has 1 aromatic rings. The van der Waals surface area contributed by atoms with Crippen LogP contribution < -0.4 is 0 Å². The van der Waals surface area contributed by atoms with Gasteiger partial charge in [0.25, 0.3) is 0 Å². The summed E-state index contributed by atoms with van der Waals surface area (Å²) in [7, 11) is 0. The van der Waals surface area contributed by atoms with Gasteiger partial charge in [0, 0.05) is 11.1 Å². The number of aliphatic hydroxyl groups excluding tert-OH is 1. The van der Waals surface area contributed by atoms with Crippen LogP contribution in [0.5, 0.6) is 11.8 Å². The summed E-state index contributed by atoms with van der Waals surface area (Å²) in [6, 6.07) is 0. The maximum Gasteiger partial charge on any atom is 0.197 e. The topological polar surface area (TPSA) is 74.9 Å². The second-order valence-electron chi connectivity index (χ2n) is 4.30. The molecule has 0 fully saturated rings. The fraction of sp³-hybridized carbons (Fsp3) is 0.667. The lowest BCUT2D eigenvalue weighted by atomic mass is 9.95. The van der Waals surface area contributed by atoms with Crippen molar-refractivity contribution in [2.75, 3.05) is 19.8 Å². The molecule has 17 heavy (non-hydrogen) atoms. The molecule has 0 radical (unpaired) electrons. The number of nitrogens with zero attached hydrogens (tertiary/aromatic N) is 1. The largest absolute Gasteiger partial charge is 0.494 e. The van der Waals surface area contributed by atoms with E-state index in [-0.39, 0.29) is 25.0 Å². The summed E-state index contributed by atoms with van der Waals surface area (Å²) in [5.41, 5.74) is 1.77.